The Morgan fingerprint density at radius 3 is 2.74 bits per heavy atom. The zero-order chi connectivity index (χ0) is 14.1. The summed E-state index contributed by atoms with van der Waals surface area (Å²) in [5.41, 5.74) is 1.30. The predicted octanol–water partition coefficient (Wildman–Crippen LogP) is 0.431. The van der Waals surface area contributed by atoms with E-state index in [0.717, 1.165) is 12.2 Å². The number of carbonyl (C=O) groups excluding carboxylic acids is 1. The summed E-state index contributed by atoms with van der Waals surface area (Å²) < 4.78 is 4.94. The molecule has 6 heteroatoms. The fourth-order valence-electron chi connectivity index (χ4n) is 1.41. The van der Waals surface area contributed by atoms with E-state index in [0.29, 0.717) is 25.4 Å². The highest BCUT2D eigenvalue weighted by Gasteiger charge is 2.06. The van der Waals surface area contributed by atoms with Crippen LogP contribution in [0, 0.1) is 0 Å². The quantitative estimate of drug-likeness (QED) is 0.668. The van der Waals surface area contributed by atoms with Gasteiger partial charge in [0, 0.05) is 26.7 Å². The topological polar surface area (TPSA) is 66.5 Å². The van der Waals surface area contributed by atoms with Gasteiger partial charge in [0.15, 0.2) is 0 Å². The Morgan fingerprint density at radius 2 is 2.16 bits per heavy atom. The van der Waals surface area contributed by atoms with Crippen molar-refractivity contribution in [1.29, 1.82) is 0 Å². The number of hydrogen-bond donors (Lipinski definition) is 2. The van der Waals surface area contributed by atoms with Crippen LogP contribution in [-0.4, -0.2) is 63.2 Å². The molecule has 1 aromatic rings. The zero-order valence-electron chi connectivity index (χ0n) is 11.8. The van der Waals surface area contributed by atoms with E-state index in [-0.39, 0.29) is 5.91 Å². The van der Waals surface area contributed by atoms with Crippen molar-refractivity contribution in [2.45, 2.75) is 0 Å². The van der Waals surface area contributed by atoms with Gasteiger partial charge < -0.3 is 20.3 Å². The molecule has 106 valence electrons. The number of nitrogens with one attached hydrogen (secondary N) is 2. The lowest BCUT2D eigenvalue weighted by Gasteiger charge is -2.10. The van der Waals surface area contributed by atoms with Crippen molar-refractivity contribution in [1.82, 2.24) is 15.2 Å². The van der Waals surface area contributed by atoms with Crippen molar-refractivity contribution in [2.75, 3.05) is 52.8 Å². The summed E-state index contributed by atoms with van der Waals surface area (Å²) in [5.74, 6) is -0.148. The van der Waals surface area contributed by atoms with E-state index in [2.05, 4.69) is 15.6 Å². The Morgan fingerprint density at radius 1 is 1.37 bits per heavy atom. The molecule has 1 aromatic heterocycles. The highest BCUT2D eigenvalue weighted by Crippen LogP contribution is 2.05. The molecule has 0 spiro atoms. The van der Waals surface area contributed by atoms with Gasteiger partial charge in [-0.05, 0) is 26.2 Å². The third-order valence-electron chi connectivity index (χ3n) is 2.48. The van der Waals surface area contributed by atoms with Gasteiger partial charge in [0.1, 0.15) is 5.69 Å². The predicted molar refractivity (Wildman–Crippen MR) is 75.5 cm³/mol. The molecule has 1 rings (SSSR count). The van der Waals surface area contributed by atoms with Gasteiger partial charge in [-0.3, -0.25) is 4.79 Å². The van der Waals surface area contributed by atoms with E-state index in [9.17, 15) is 4.79 Å². The number of aromatic nitrogens is 1. The van der Waals surface area contributed by atoms with Gasteiger partial charge in [-0.25, -0.2) is 4.98 Å². The first kappa shape index (κ1) is 15.4. The van der Waals surface area contributed by atoms with Crippen LogP contribution in [0.4, 0.5) is 5.69 Å². The second kappa shape index (κ2) is 8.44. The second-order valence-corrected chi connectivity index (χ2v) is 4.41. The number of anilines is 1. The van der Waals surface area contributed by atoms with Crippen LogP contribution in [0.15, 0.2) is 18.3 Å². The van der Waals surface area contributed by atoms with Gasteiger partial charge in [-0.15, -0.1) is 0 Å². The maximum atomic E-state index is 11.8. The molecule has 0 aliphatic rings. The Bertz CT molecular complexity index is 379. The lowest BCUT2D eigenvalue weighted by Crippen LogP contribution is -2.31. The number of rotatable bonds is 8. The summed E-state index contributed by atoms with van der Waals surface area (Å²) in [5, 5.41) is 5.96. The van der Waals surface area contributed by atoms with Crippen molar-refractivity contribution in [3.8, 4) is 0 Å². The summed E-state index contributed by atoms with van der Waals surface area (Å²) >= 11 is 0. The van der Waals surface area contributed by atoms with E-state index in [1.165, 1.54) is 0 Å². The number of ether oxygens (including phenoxy) is 1. The normalized spacial score (nSPS) is 10.5. The van der Waals surface area contributed by atoms with E-state index in [1.54, 1.807) is 19.4 Å². The molecule has 0 aromatic carbocycles. The highest BCUT2D eigenvalue weighted by atomic mass is 16.5. The van der Waals surface area contributed by atoms with Crippen LogP contribution in [-0.2, 0) is 4.74 Å². The van der Waals surface area contributed by atoms with Crippen LogP contribution in [0.1, 0.15) is 10.5 Å². The molecule has 0 atom stereocenters. The largest absolute Gasteiger partial charge is 0.383 e. The minimum absolute atomic E-state index is 0.148. The summed E-state index contributed by atoms with van der Waals surface area (Å²) in [4.78, 5) is 17.9. The molecule has 1 heterocycles. The molecule has 0 bridgehead atoms. The standard InChI is InChI=1S/C13H22N4O2/c1-17(2)8-6-15-13(18)12-5-4-11(10-16-12)14-7-9-19-3/h4-5,10,14H,6-9H2,1-3H3,(H,15,18). The number of nitrogens with zero attached hydrogens (tertiary/aromatic N) is 2. The lowest BCUT2D eigenvalue weighted by atomic mass is 10.3. The van der Waals surface area contributed by atoms with Crippen LogP contribution in [0.3, 0.4) is 0 Å². The third kappa shape index (κ3) is 6.17. The number of likely N-dealkylation sites (N-methyl/N-ethyl adjacent to an activating group) is 1. The van der Waals surface area contributed by atoms with Crippen molar-refractivity contribution in [3.63, 3.8) is 0 Å². The van der Waals surface area contributed by atoms with Crippen molar-refractivity contribution in [3.05, 3.63) is 24.0 Å². The molecular weight excluding hydrogens is 244 g/mol. The second-order valence-electron chi connectivity index (χ2n) is 4.41. The van der Waals surface area contributed by atoms with Gasteiger partial charge >= 0.3 is 0 Å². The Balaban J connectivity index is 2.39. The molecule has 0 saturated carbocycles. The van der Waals surface area contributed by atoms with Crippen molar-refractivity contribution in [2.24, 2.45) is 0 Å². The maximum absolute atomic E-state index is 11.8. The van der Waals surface area contributed by atoms with Gasteiger partial charge in [0.05, 0.1) is 18.5 Å². The molecule has 19 heavy (non-hydrogen) atoms. The maximum Gasteiger partial charge on any atom is 0.269 e. The highest BCUT2D eigenvalue weighted by molar-refractivity contribution is 5.92. The molecule has 0 saturated heterocycles. The van der Waals surface area contributed by atoms with Crippen molar-refractivity contribution < 1.29 is 9.53 Å². The minimum Gasteiger partial charge on any atom is -0.383 e. The smallest absolute Gasteiger partial charge is 0.269 e. The van der Waals surface area contributed by atoms with E-state index < -0.39 is 0 Å². The number of pyridine rings is 1. The van der Waals surface area contributed by atoms with Gasteiger partial charge in [0.2, 0.25) is 0 Å². The lowest BCUT2D eigenvalue weighted by molar-refractivity contribution is 0.0946. The molecule has 0 radical (unpaired) electrons. The first-order valence-electron chi connectivity index (χ1n) is 6.25. The minimum atomic E-state index is -0.148. The Kier molecular flexibility index (Phi) is 6.84. The van der Waals surface area contributed by atoms with Crippen LogP contribution in [0.25, 0.3) is 0 Å². The van der Waals surface area contributed by atoms with Gasteiger partial charge in [-0.1, -0.05) is 0 Å². The SMILES string of the molecule is COCCNc1ccc(C(=O)NCCN(C)C)nc1. The number of methoxy groups -OCH3 is 1. The molecule has 6 nitrogen and oxygen atoms in total. The molecule has 2 N–H and O–H groups in total. The van der Waals surface area contributed by atoms with Crippen molar-refractivity contribution >= 4 is 11.6 Å². The summed E-state index contributed by atoms with van der Waals surface area (Å²) in [6.45, 7) is 2.77. The van der Waals surface area contributed by atoms with E-state index in [4.69, 9.17) is 4.74 Å². The Labute approximate surface area is 114 Å². The van der Waals surface area contributed by atoms with Gasteiger partial charge in [-0.2, -0.15) is 0 Å². The molecule has 0 fully saturated rings. The van der Waals surface area contributed by atoms with E-state index in [1.807, 2.05) is 25.1 Å². The Hall–Kier alpha value is -1.66. The first-order chi connectivity index (χ1) is 9.13. The van der Waals surface area contributed by atoms with Crippen LogP contribution >= 0.6 is 0 Å². The van der Waals surface area contributed by atoms with Crippen LogP contribution in [0.5, 0.6) is 0 Å². The number of amides is 1. The molecule has 1 amide bonds. The fraction of sp³-hybridized carbons (Fsp3) is 0.538. The average molecular weight is 266 g/mol. The van der Waals surface area contributed by atoms with Crippen LogP contribution in [0.2, 0.25) is 0 Å². The first-order valence-corrected chi connectivity index (χ1v) is 6.25. The van der Waals surface area contributed by atoms with Gasteiger partial charge in [0.25, 0.3) is 5.91 Å². The number of hydrogen-bond acceptors (Lipinski definition) is 5. The fourth-order valence-corrected chi connectivity index (χ4v) is 1.41. The monoisotopic (exact) mass is 266 g/mol. The molecule has 0 aliphatic heterocycles. The zero-order valence-corrected chi connectivity index (χ0v) is 11.8. The molecule has 0 aliphatic carbocycles. The molecular formula is C13H22N4O2. The van der Waals surface area contributed by atoms with E-state index >= 15 is 0 Å². The summed E-state index contributed by atoms with van der Waals surface area (Å²) in [6.07, 6.45) is 1.65. The third-order valence-corrected chi connectivity index (χ3v) is 2.48. The average Bonchev–Trinajstić information content (AvgIpc) is 2.39. The summed E-state index contributed by atoms with van der Waals surface area (Å²) in [6, 6.07) is 3.55. The van der Waals surface area contributed by atoms with Crippen LogP contribution < -0.4 is 10.6 Å². The summed E-state index contributed by atoms with van der Waals surface area (Å²) in [7, 11) is 5.58. The molecule has 0 unspecified atom stereocenters. The number of carbonyl (C=O) groups is 1.